The van der Waals surface area contributed by atoms with E-state index in [4.69, 9.17) is 14.2 Å². The molecule has 31 heavy (non-hydrogen) atoms. The lowest BCUT2D eigenvalue weighted by Gasteiger charge is -2.39. The summed E-state index contributed by atoms with van der Waals surface area (Å²) in [4.78, 5) is 4.84. The average molecular weight is 429 g/mol. The number of benzene rings is 1. The predicted octanol–water partition coefficient (Wildman–Crippen LogP) is 1.76. The Hall–Kier alpha value is -2.49. The maximum atomic E-state index is 5.84. The molecule has 0 N–H and O–H groups in total. The van der Waals surface area contributed by atoms with Crippen LogP contribution in [0, 0.1) is 0 Å². The zero-order valence-electron chi connectivity index (χ0n) is 18.4. The Morgan fingerprint density at radius 3 is 2.74 bits per heavy atom. The van der Waals surface area contributed by atoms with E-state index >= 15 is 0 Å². The van der Waals surface area contributed by atoms with Crippen molar-refractivity contribution in [3.05, 3.63) is 42.2 Å². The van der Waals surface area contributed by atoms with Gasteiger partial charge in [0.2, 0.25) is 0 Å². The number of piperazine rings is 1. The van der Waals surface area contributed by atoms with Crippen LogP contribution in [0.4, 0.5) is 0 Å². The summed E-state index contributed by atoms with van der Waals surface area (Å²) in [6.45, 7) is 9.98. The summed E-state index contributed by atoms with van der Waals surface area (Å²) in [6, 6.07) is 5.82. The second-order valence-electron chi connectivity index (χ2n) is 7.99. The monoisotopic (exact) mass is 428 g/mol. The standard InChI is InChI=1S/C22H32N6O3/c1-4-9-26-10-12-27(13-11-26)21(19-8-7-17(29-2)15-20(19)30-3)22-23-24-25-28(22)16-18-6-5-14-31-18/h4,7-8,15,18,21H,1,5-6,9-14,16H2,2-3H3/t18-,21+/m1/s1. The molecule has 9 nitrogen and oxygen atoms in total. The number of nitrogens with zero attached hydrogens (tertiary/aromatic N) is 6. The second kappa shape index (κ2) is 10.2. The molecule has 1 aromatic heterocycles. The fourth-order valence-corrected chi connectivity index (χ4v) is 4.45. The Bertz CT molecular complexity index is 859. The molecule has 1 aromatic carbocycles. The van der Waals surface area contributed by atoms with Crippen LogP contribution in [0.5, 0.6) is 11.5 Å². The molecule has 0 spiro atoms. The van der Waals surface area contributed by atoms with Crippen LogP contribution in [-0.2, 0) is 11.3 Å². The largest absolute Gasteiger partial charge is 0.497 e. The Kier molecular flexibility index (Phi) is 7.16. The minimum Gasteiger partial charge on any atom is -0.497 e. The number of rotatable bonds is 9. The van der Waals surface area contributed by atoms with E-state index in [1.54, 1.807) is 14.2 Å². The third-order valence-corrected chi connectivity index (χ3v) is 6.10. The highest BCUT2D eigenvalue weighted by Crippen LogP contribution is 2.36. The quantitative estimate of drug-likeness (QED) is 0.559. The molecule has 0 radical (unpaired) electrons. The van der Waals surface area contributed by atoms with E-state index < -0.39 is 0 Å². The van der Waals surface area contributed by atoms with Crippen molar-refractivity contribution in [3.63, 3.8) is 0 Å². The molecule has 0 aliphatic carbocycles. The summed E-state index contributed by atoms with van der Waals surface area (Å²) >= 11 is 0. The molecule has 2 saturated heterocycles. The van der Waals surface area contributed by atoms with Gasteiger partial charge in [0.1, 0.15) is 17.5 Å². The molecule has 2 aliphatic heterocycles. The van der Waals surface area contributed by atoms with Crippen molar-refractivity contribution in [2.24, 2.45) is 0 Å². The first kappa shape index (κ1) is 21.7. The summed E-state index contributed by atoms with van der Waals surface area (Å²) < 4.78 is 18.9. The molecular weight excluding hydrogens is 396 g/mol. The van der Waals surface area contributed by atoms with Crippen LogP contribution >= 0.6 is 0 Å². The summed E-state index contributed by atoms with van der Waals surface area (Å²) in [7, 11) is 3.35. The SMILES string of the molecule is C=CCN1CCN([C@@H](c2ccc(OC)cc2OC)c2nnnn2C[C@H]2CCCO2)CC1. The summed E-state index contributed by atoms with van der Waals surface area (Å²) in [5.41, 5.74) is 1.03. The maximum absolute atomic E-state index is 5.84. The van der Waals surface area contributed by atoms with Gasteiger partial charge in [-0.1, -0.05) is 6.08 Å². The van der Waals surface area contributed by atoms with Gasteiger partial charge in [0.05, 0.1) is 26.9 Å². The molecule has 9 heteroatoms. The minimum absolute atomic E-state index is 0.122. The minimum atomic E-state index is -0.122. The highest BCUT2D eigenvalue weighted by molar-refractivity contribution is 5.44. The van der Waals surface area contributed by atoms with Crippen LogP contribution in [0.25, 0.3) is 0 Å². The molecule has 168 valence electrons. The third-order valence-electron chi connectivity index (χ3n) is 6.10. The first-order chi connectivity index (χ1) is 15.2. The Labute approximate surface area is 183 Å². The number of aromatic nitrogens is 4. The zero-order chi connectivity index (χ0) is 21.6. The van der Waals surface area contributed by atoms with Gasteiger partial charge in [-0.2, -0.15) is 0 Å². The van der Waals surface area contributed by atoms with E-state index in [9.17, 15) is 0 Å². The lowest BCUT2D eigenvalue weighted by Crippen LogP contribution is -2.48. The molecule has 2 atom stereocenters. The summed E-state index contributed by atoms with van der Waals surface area (Å²) in [5, 5.41) is 12.8. The number of ether oxygens (including phenoxy) is 3. The van der Waals surface area contributed by atoms with Crippen molar-refractivity contribution in [2.45, 2.75) is 31.5 Å². The van der Waals surface area contributed by atoms with Crippen molar-refractivity contribution >= 4 is 0 Å². The summed E-state index contributed by atoms with van der Waals surface area (Å²) in [5.74, 6) is 2.34. The molecule has 2 aliphatic rings. The van der Waals surface area contributed by atoms with Gasteiger partial charge < -0.3 is 14.2 Å². The average Bonchev–Trinajstić information content (AvgIpc) is 3.48. The molecule has 4 rings (SSSR count). The van der Waals surface area contributed by atoms with Crippen molar-refractivity contribution in [1.29, 1.82) is 0 Å². The van der Waals surface area contributed by atoms with E-state index in [1.807, 2.05) is 22.9 Å². The molecule has 3 heterocycles. The lowest BCUT2D eigenvalue weighted by atomic mass is 10.0. The van der Waals surface area contributed by atoms with Gasteiger partial charge in [-0.05, 0) is 35.4 Å². The predicted molar refractivity (Wildman–Crippen MR) is 116 cm³/mol. The molecule has 0 amide bonds. The topological polar surface area (TPSA) is 77.8 Å². The Morgan fingerprint density at radius 2 is 2.06 bits per heavy atom. The Morgan fingerprint density at radius 1 is 1.23 bits per heavy atom. The molecular formula is C22H32N6O3. The van der Waals surface area contributed by atoms with E-state index in [1.165, 1.54) is 0 Å². The molecule has 0 unspecified atom stereocenters. The van der Waals surface area contributed by atoms with Gasteiger partial charge in [-0.25, -0.2) is 4.68 Å². The van der Waals surface area contributed by atoms with Gasteiger partial charge in [0.25, 0.3) is 0 Å². The van der Waals surface area contributed by atoms with Crippen LogP contribution < -0.4 is 9.47 Å². The van der Waals surface area contributed by atoms with Gasteiger partial charge in [-0.15, -0.1) is 11.7 Å². The second-order valence-corrected chi connectivity index (χ2v) is 7.99. The van der Waals surface area contributed by atoms with Crippen LogP contribution in [0.15, 0.2) is 30.9 Å². The van der Waals surface area contributed by atoms with Crippen molar-refractivity contribution in [3.8, 4) is 11.5 Å². The van der Waals surface area contributed by atoms with Crippen molar-refractivity contribution in [2.75, 3.05) is 53.6 Å². The van der Waals surface area contributed by atoms with Crippen LogP contribution in [0.2, 0.25) is 0 Å². The number of hydrogen-bond donors (Lipinski definition) is 0. The highest BCUT2D eigenvalue weighted by atomic mass is 16.5. The lowest BCUT2D eigenvalue weighted by molar-refractivity contribution is 0.0865. The zero-order valence-corrected chi connectivity index (χ0v) is 18.4. The van der Waals surface area contributed by atoms with Crippen LogP contribution in [0.1, 0.15) is 30.3 Å². The molecule has 0 saturated carbocycles. The smallest absolute Gasteiger partial charge is 0.173 e. The number of tetrazole rings is 1. The van der Waals surface area contributed by atoms with Crippen molar-refractivity contribution < 1.29 is 14.2 Å². The fourth-order valence-electron chi connectivity index (χ4n) is 4.45. The first-order valence-electron chi connectivity index (χ1n) is 10.9. The number of hydrogen-bond acceptors (Lipinski definition) is 8. The Balaban J connectivity index is 1.67. The van der Waals surface area contributed by atoms with Gasteiger partial charge >= 0.3 is 0 Å². The summed E-state index contributed by atoms with van der Waals surface area (Å²) in [6.07, 6.45) is 4.24. The van der Waals surface area contributed by atoms with Crippen molar-refractivity contribution in [1.82, 2.24) is 30.0 Å². The van der Waals surface area contributed by atoms with Gasteiger partial charge in [-0.3, -0.25) is 9.80 Å². The molecule has 2 fully saturated rings. The van der Waals surface area contributed by atoms with Gasteiger partial charge in [0.15, 0.2) is 5.82 Å². The molecule has 2 aromatic rings. The maximum Gasteiger partial charge on any atom is 0.173 e. The van der Waals surface area contributed by atoms with Gasteiger partial charge in [0, 0.05) is 51.0 Å². The van der Waals surface area contributed by atoms with Crippen LogP contribution in [0.3, 0.4) is 0 Å². The third kappa shape index (κ3) is 4.89. The van der Waals surface area contributed by atoms with E-state index in [0.717, 1.165) is 75.1 Å². The normalized spacial score (nSPS) is 21.2. The highest BCUT2D eigenvalue weighted by Gasteiger charge is 2.33. The first-order valence-corrected chi connectivity index (χ1v) is 10.9. The van der Waals surface area contributed by atoms with E-state index in [2.05, 4.69) is 38.0 Å². The van der Waals surface area contributed by atoms with Crippen LogP contribution in [-0.4, -0.2) is 89.7 Å². The van der Waals surface area contributed by atoms with E-state index in [0.29, 0.717) is 6.54 Å². The molecule has 0 bridgehead atoms. The fraction of sp³-hybridized carbons (Fsp3) is 0.591. The number of methoxy groups -OCH3 is 2. The van der Waals surface area contributed by atoms with E-state index in [-0.39, 0.29) is 12.1 Å².